The summed E-state index contributed by atoms with van der Waals surface area (Å²) < 4.78 is 3.04. The molecule has 1 aromatic rings. The van der Waals surface area contributed by atoms with E-state index in [9.17, 15) is 0 Å². The van der Waals surface area contributed by atoms with E-state index in [4.69, 9.17) is 14.9 Å². The molecule has 0 amide bonds. The molecule has 0 aromatic heterocycles. The number of hydrogen-bond acceptors (Lipinski definition) is 1. The van der Waals surface area contributed by atoms with Crippen LogP contribution < -0.4 is 0 Å². The van der Waals surface area contributed by atoms with Gasteiger partial charge in [0.25, 0.3) is 0 Å². The van der Waals surface area contributed by atoms with E-state index in [0.29, 0.717) is 0 Å². The zero-order valence-corrected chi connectivity index (χ0v) is 25.8. The van der Waals surface area contributed by atoms with Crippen LogP contribution in [0.5, 0.6) is 0 Å². The molecule has 0 aliphatic heterocycles. The minimum absolute atomic E-state index is 0.968. The Labute approximate surface area is 201 Å². The van der Waals surface area contributed by atoms with Gasteiger partial charge in [0.1, 0.15) is 0 Å². The van der Waals surface area contributed by atoms with Crippen molar-refractivity contribution in [2.24, 2.45) is 0 Å². The number of rotatable bonds is 12. The second kappa shape index (κ2) is 15.1. The molecule has 0 aliphatic carbocycles. The van der Waals surface area contributed by atoms with Gasteiger partial charge < -0.3 is 19.8 Å². The molecule has 8 heteroatoms. The van der Waals surface area contributed by atoms with Gasteiger partial charge in [0.05, 0.1) is 0 Å². The first kappa shape index (κ1) is 30.2. The van der Waals surface area contributed by atoms with Gasteiger partial charge in [-0.1, -0.05) is 83.6 Å². The Morgan fingerprint density at radius 2 is 1.00 bits per heavy atom. The molecule has 0 atom stereocenters. The van der Waals surface area contributed by atoms with E-state index in [-0.39, 0.29) is 0 Å². The Bertz CT molecular complexity index is 554. The van der Waals surface area contributed by atoms with Crippen LogP contribution in [0.1, 0.15) is 5.56 Å². The summed E-state index contributed by atoms with van der Waals surface area (Å²) in [7, 11) is -3.84. The van der Waals surface area contributed by atoms with Crippen LogP contribution in [0.4, 0.5) is 0 Å². The van der Waals surface area contributed by atoms with Gasteiger partial charge >= 0.3 is 59.3 Å². The summed E-state index contributed by atoms with van der Waals surface area (Å²) in [6.45, 7) is 26.8. The molecule has 0 saturated carbocycles. The van der Waals surface area contributed by atoms with Gasteiger partial charge in [-0.05, 0) is 19.6 Å². The number of benzene rings is 1. The standard InChI is InChI=1S/C15H39N4Si3.C7H5.Mo/c1-20(2,3)16-10-13-19(14-11-17-21(4,5)6)15-12-18-22(7,8)9;1-7-5-3-2-4-6-7;/h10-15H2,1-9H3;2-6H;/q-3;;. The average Bonchev–Trinajstić information content (AvgIpc) is 2.59. The summed E-state index contributed by atoms with van der Waals surface area (Å²) >= 11 is 1.85. The quantitative estimate of drug-likeness (QED) is 0.279. The van der Waals surface area contributed by atoms with Crippen molar-refractivity contribution >= 4 is 24.7 Å². The van der Waals surface area contributed by atoms with Crippen molar-refractivity contribution in [3.05, 3.63) is 50.8 Å². The van der Waals surface area contributed by atoms with Crippen LogP contribution in [-0.2, 0) is 19.2 Å². The summed E-state index contributed by atoms with van der Waals surface area (Å²) in [5, 5.41) is 0. The van der Waals surface area contributed by atoms with E-state index in [0.717, 1.165) is 44.8 Å². The Hall–Kier alpha value is 0.179. The van der Waals surface area contributed by atoms with Crippen molar-refractivity contribution in [2.45, 2.75) is 58.9 Å². The number of nitrogens with zero attached hydrogens (tertiary/aromatic N) is 4. The van der Waals surface area contributed by atoms with Crippen LogP contribution in [0.25, 0.3) is 14.9 Å². The summed E-state index contributed by atoms with van der Waals surface area (Å²) in [4.78, 5) is 17.1. The molecule has 0 bridgehead atoms. The molecule has 0 saturated heterocycles. The summed E-state index contributed by atoms with van der Waals surface area (Å²) in [6.07, 6.45) is 0. The van der Waals surface area contributed by atoms with Crippen LogP contribution in [0, 0.1) is 4.20 Å². The van der Waals surface area contributed by atoms with Crippen molar-refractivity contribution in [2.75, 3.05) is 39.3 Å². The SMILES string of the molecule is C[Si](C)(C)[N-]CCN(CC[N-][Si](C)(C)C)CC[N-][Si](C)(C)C.[Mo]#[C]c1ccccc1. The average molecular weight is 545 g/mol. The van der Waals surface area contributed by atoms with Gasteiger partial charge in [0.15, 0.2) is 0 Å². The maximum atomic E-state index is 4.86. The van der Waals surface area contributed by atoms with Crippen molar-refractivity contribution in [1.82, 2.24) is 4.90 Å². The third-order valence-electron chi connectivity index (χ3n) is 3.90. The fourth-order valence-electron chi connectivity index (χ4n) is 2.42. The van der Waals surface area contributed by atoms with Gasteiger partial charge in [0, 0.05) is 0 Å². The molecule has 0 spiro atoms. The zero-order valence-electron chi connectivity index (χ0n) is 20.8. The van der Waals surface area contributed by atoms with Gasteiger partial charge in [-0.25, -0.2) is 0 Å². The zero-order chi connectivity index (χ0) is 23.3. The van der Waals surface area contributed by atoms with Crippen LogP contribution in [-0.4, -0.2) is 68.9 Å². The van der Waals surface area contributed by atoms with E-state index in [1.54, 1.807) is 0 Å². The molecule has 4 nitrogen and oxygen atoms in total. The fraction of sp³-hybridized carbons (Fsp3) is 0.682. The van der Waals surface area contributed by atoms with Crippen molar-refractivity contribution < 1.29 is 19.2 Å². The maximum absolute atomic E-state index is 4.86. The van der Waals surface area contributed by atoms with Crippen LogP contribution in [0.15, 0.2) is 30.3 Å². The van der Waals surface area contributed by atoms with E-state index in [2.05, 4.69) is 68.0 Å². The molecule has 0 aliphatic rings. The normalized spacial score (nSPS) is 12.3. The third-order valence-corrected chi connectivity index (χ3v) is 7.99. The topological polar surface area (TPSA) is 45.5 Å². The molecule has 1 aromatic carbocycles. The van der Waals surface area contributed by atoms with Crippen molar-refractivity contribution in [3.63, 3.8) is 0 Å². The first-order valence-corrected chi connectivity index (χ1v) is 22.3. The van der Waals surface area contributed by atoms with E-state index in [1.807, 2.05) is 49.5 Å². The molecule has 1 rings (SSSR count). The van der Waals surface area contributed by atoms with Gasteiger partial charge in [-0.15, -0.1) is 19.6 Å². The van der Waals surface area contributed by atoms with Crippen LogP contribution >= 0.6 is 0 Å². The first-order chi connectivity index (χ1) is 13.7. The Kier molecular flexibility index (Phi) is 15.2. The molecular weight excluding hydrogens is 500 g/mol. The molecule has 0 fully saturated rings. The summed E-state index contributed by atoms with van der Waals surface area (Å²) in [5.74, 6) is 0. The molecule has 173 valence electrons. The molecule has 0 heterocycles. The molecule has 0 unspecified atom stereocenters. The Morgan fingerprint density at radius 1 is 0.667 bits per heavy atom. The second-order valence-electron chi connectivity index (χ2n) is 10.5. The predicted octanol–water partition coefficient (Wildman–Crippen LogP) is 6.45. The minimum atomic E-state index is -1.28. The monoisotopic (exact) mass is 546 g/mol. The fourth-order valence-corrected chi connectivity index (χ4v) is 5.07. The summed E-state index contributed by atoms with van der Waals surface area (Å²) in [6, 6.07) is 10.1. The Morgan fingerprint density at radius 3 is 1.23 bits per heavy atom. The van der Waals surface area contributed by atoms with Crippen molar-refractivity contribution in [1.29, 1.82) is 0 Å². The number of hydrogen-bond donors (Lipinski definition) is 0. The van der Waals surface area contributed by atoms with Gasteiger partial charge in [0.2, 0.25) is 0 Å². The first-order valence-electron chi connectivity index (χ1n) is 10.9. The van der Waals surface area contributed by atoms with E-state index >= 15 is 0 Å². The Balaban J connectivity index is 0.000000867. The summed E-state index contributed by atoms with van der Waals surface area (Å²) in [5.41, 5.74) is 1.16. The van der Waals surface area contributed by atoms with E-state index < -0.39 is 24.7 Å². The van der Waals surface area contributed by atoms with Gasteiger partial charge in [-0.3, -0.25) is 0 Å². The predicted molar refractivity (Wildman–Crippen MR) is 141 cm³/mol. The molecule has 0 N–H and O–H groups in total. The van der Waals surface area contributed by atoms with Crippen LogP contribution in [0.3, 0.4) is 0 Å². The van der Waals surface area contributed by atoms with Crippen molar-refractivity contribution in [3.8, 4) is 4.20 Å². The molecule has 30 heavy (non-hydrogen) atoms. The molecule has 0 radical (unpaired) electrons. The van der Waals surface area contributed by atoms with E-state index in [1.165, 1.54) is 0 Å². The molecular formula is C22H44MoN4Si3-3. The third kappa shape index (κ3) is 21.4. The van der Waals surface area contributed by atoms with Gasteiger partial charge in [-0.2, -0.15) is 0 Å². The second-order valence-corrected chi connectivity index (χ2v) is 24.9. The van der Waals surface area contributed by atoms with Crippen LogP contribution in [0.2, 0.25) is 58.9 Å².